The van der Waals surface area contributed by atoms with Gasteiger partial charge >= 0.3 is 0 Å². The number of nitrogens with zero attached hydrogens (tertiary/aromatic N) is 2. The summed E-state index contributed by atoms with van der Waals surface area (Å²) in [6.45, 7) is 0.216. The first kappa shape index (κ1) is 14.2. The molecule has 1 aliphatic rings. The SMILES string of the molecule is C#CCN(C)C(=O)/C=C1/Sc2ccccc2N(C)C1=O. The van der Waals surface area contributed by atoms with Gasteiger partial charge in [0.25, 0.3) is 5.91 Å². The van der Waals surface area contributed by atoms with Crippen molar-refractivity contribution in [3.05, 3.63) is 35.2 Å². The molecule has 0 fully saturated rings. The van der Waals surface area contributed by atoms with E-state index in [0.29, 0.717) is 4.91 Å². The average Bonchev–Trinajstić information content (AvgIpc) is 2.44. The molecule has 2 rings (SSSR count). The van der Waals surface area contributed by atoms with Crippen LogP contribution in [0.15, 0.2) is 40.1 Å². The number of hydrogen-bond donors (Lipinski definition) is 0. The molecule has 1 aromatic carbocycles. The third kappa shape index (κ3) is 2.70. The number of para-hydroxylation sites is 1. The van der Waals surface area contributed by atoms with Gasteiger partial charge < -0.3 is 9.80 Å². The van der Waals surface area contributed by atoms with E-state index in [1.807, 2.05) is 24.3 Å². The second-order valence-corrected chi connectivity index (χ2v) is 5.42. The van der Waals surface area contributed by atoms with E-state index < -0.39 is 0 Å². The lowest BCUT2D eigenvalue weighted by Crippen LogP contribution is -2.32. The van der Waals surface area contributed by atoms with E-state index in [1.54, 1.807) is 19.0 Å². The summed E-state index contributed by atoms with van der Waals surface area (Å²) in [5, 5.41) is 0. The van der Waals surface area contributed by atoms with Crippen molar-refractivity contribution in [2.24, 2.45) is 0 Å². The van der Waals surface area contributed by atoms with Crippen LogP contribution in [0, 0.1) is 12.3 Å². The van der Waals surface area contributed by atoms with Crippen LogP contribution in [0.5, 0.6) is 0 Å². The Morgan fingerprint density at radius 3 is 2.90 bits per heavy atom. The quantitative estimate of drug-likeness (QED) is 0.614. The molecule has 4 nitrogen and oxygen atoms in total. The summed E-state index contributed by atoms with van der Waals surface area (Å²) in [6, 6.07) is 7.58. The summed E-state index contributed by atoms with van der Waals surface area (Å²) < 4.78 is 0. The van der Waals surface area contributed by atoms with Gasteiger partial charge in [-0.1, -0.05) is 29.8 Å². The van der Waals surface area contributed by atoms with Crippen LogP contribution in [0.4, 0.5) is 5.69 Å². The molecule has 0 saturated carbocycles. The van der Waals surface area contributed by atoms with Crippen molar-refractivity contribution < 1.29 is 9.59 Å². The van der Waals surface area contributed by atoms with Crippen molar-refractivity contribution in [2.75, 3.05) is 25.5 Å². The second kappa shape index (κ2) is 5.85. The summed E-state index contributed by atoms with van der Waals surface area (Å²) in [5.74, 6) is 1.94. The van der Waals surface area contributed by atoms with Gasteiger partial charge in [0, 0.05) is 25.1 Å². The third-order valence-corrected chi connectivity index (χ3v) is 4.00. The van der Waals surface area contributed by atoms with Gasteiger partial charge in [-0.25, -0.2) is 0 Å². The smallest absolute Gasteiger partial charge is 0.265 e. The number of hydrogen-bond acceptors (Lipinski definition) is 3. The number of carbonyl (C=O) groups is 2. The molecule has 0 bridgehead atoms. The molecule has 1 heterocycles. The zero-order valence-corrected chi connectivity index (χ0v) is 12.1. The van der Waals surface area contributed by atoms with Crippen molar-refractivity contribution in [3.63, 3.8) is 0 Å². The Hall–Kier alpha value is -2.19. The van der Waals surface area contributed by atoms with Crippen LogP contribution in [-0.4, -0.2) is 37.4 Å². The average molecular weight is 286 g/mol. The molecule has 0 aliphatic carbocycles. The molecule has 20 heavy (non-hydrogen) atoms. The summed E-state index contributed by atoms with van der Waals surface area (Å²) in [6.07, 6.45) is 6.51. The zero-order chi connectivity index (χ0) is 14.7. The minimum absolute atomic E-state index is 0.184. The van der Waals surface area contributed by atoms with Gasteiger partial charge in [0.1, 0.15) is 0 Å². The van der Waals surface area contributed by atoms with E-state index in [9.17, 15) is 9.59 Å². The van der Waals surface area contributed by atoms with E-state index in [4.69, 9.17) is 6.42 Å². The monoisotopic (exact) mass is 286 g/mol. The zero-order valence-electron chi connectivity index (χ0n) is 11.3. The van der Waals surface area contributed by atoms with E-state index in [2.05, 4.69) is 5.92 Å². The molecule has 2 amide bonds. The maximum Gasteiger partial charge on any atom is 0.265 e. The molecule has 0 unspecified atom stereocenters. The van der Waals surface area contributed by atoms with Gasteiger partial charge in [-0.3, -0.25) is 9.59 Å². The van der Waals surface area contributed by atoms with Crippen LogP contribution < -0.4 is 4.90 Å². The molecule has 1 aromatic rings. The summed E-state index contributed by atoms with van der Waals surface area (Å²) >= 11 is 1.30. The highest BCUT2D eigenvalue weighted by atomic mass is 32.2. The van der Waals surface area contributed by atoms with Crippen LogP contribution in [0.2, 0.25) is 0 Å². The van der Waals surface area contributed by atoms with Crippen molar-refractivity contribution in [1.82, 2.24) is 4.90 Å². The lowest BCUT2D eigenvalue weighted by atomic mass is 10.2. The number of anilines is 1. The molecular formula is C15H14N2O2S. The molecule has 102 valence electrons. The number of benzene rings is 1. The number of amides is 2. The van der Waals surface area contributed by atoms with Crippen LogP contribution in [-0.2, 0) is 9.59 Å². The van der Waals surface area contributed by atoms with Gasteiger partial charge in [0.15, 0.2) is 0 Å². The van der Waals surface area contributed by atoms with E-state index in [0.717, 1.165) is 10.6 Å². The van der Waals surface area contributed by atoms with Gasteiger partial charge in [-0.05, 0) is 12.1 Å². The van der Waals surface area contributed by atoms with Gasteiger partial charge in [-0.15, -0.1) is 6.42 Å². The maximum absolute atomic E-state index is 12.2. The highest BCUT2D eigenvalue weighted by Gasteiger charge is 2.26. The minimum Gasteiger partial charge on any atom is -0.331 e. The lowest BCUT2D eigenvalue weighted by Gasteiger charge is -2.26. The van der Waals surface area contributed by atoms with Gasteiger partial charge in [0.2, 0.25) is 5.91 Å². The number of carbonyl (C=O) groups excluding carboxylic acids is 2. The lowest BCUT2D eigenvalue weighted by molar-refractivity contribution is -0.124. The molecule has 0 saturated heterocycles. The minimum atomic E-state index is -0.272. The first-order valence-electron chi connectivity index (χ1n) is 5.99. The van der Waals surface area contributed by atoms with Crippen molar-refractivity contribution in [2.45, 2.75) is 4.90 Å². The molecule has 1 aliphatic heterocycles. The Morgan fingerprint density at radius 1 is 1.50 bits per heavy atom. The summed E-state index contributed by atoms with van der Waals surface area (Å²) in [7, 11) is 3.30. The number of thioether (sulfide) groups is 1. The van der Waals surface area contributed by atoms with Crippen LogP contribution in [0.1, 0.15) is 0 Å². The van der Waals surface area contributed by atoms with E-state index in [-0.39, 0.29) is 18.4 Å². The molecule has 0 spiro atoms. The first-order chi connectivity index (χ1) is 9.54. The predicted molar refractivity (Wildman–Crippen MR) is 80.3 cm³/mol. The summed E-state index contributed by atoms with van der Waals surface area (Å²) in [4.78, 5) is 28.5. The third-order valence-electron chi connectivity index (χ3n) is 2.92. The van der Waals surface area contributed by atoms with Crippen LogP contribution in [0.25, 0.3) is 0 Å². The summed E-state index contributed by atoms with van der Waals surface area (Å²) in [5.41, 5.74) is 0.851. The number of fused-ring (bicyclic) bond motifs is 1. The fraction of sp³-hybridized carbons (Fsp3) is 0.200. The van der Waals surface area contributed by atoms with Crippen molar-refractivity contribution >= 4 is 29.3 Å². The highest BCUT2D eigenvalue weighted by Crippen LogP contribution is 2.40. The van der Waals surface area contributed by atoms with Crippen molar-refractivity contribution in [3.8, 4) is 12.3 Å². The number of likely N-dealkylation sites (N-methyl/N-ethyl adjacent to an activating group) is 2. The van der Waals surface area contributed by atoms with Crippen molar-refractivity contribution in [1.29, 1.82) is 0 Å². The Kier molecular flexibility index (Phi) is 4.16. The van der Waals surface area contributed by atoms with Gasteiger partial charge in [-0.2, -0.15) is 0 Å². The fourth-order valence-corrected chi connectivity index (χ4v) is 2.86. The molecular weight excluding hydrogens is 272 g/mol. The second-order valence-electron chi connectivity index (χ2n) is 4.34. The van der Waals surface area contributed by atoms with Crippen LogP contribution in [0.3, 0.4) is 0 Å². The number of rotatable bonds is 2. The Labute approximate surface area is 122 Å². The Bertz CT molecular complexity index is 631. The predicted octanol–water partition coefficient (Wildman–Crippen LogP) is 1.73. The van der Waals surface area contributed by atoms with E-state index >= 15 is 0 Å². The van der Waals surface area contributed by atoms with Gasteiger partial charge in [0.05, 0.1) is 17.1 Å². The molecule has 0 atom stereocenters. The molecule has 0 radical (unpaired) electrons. The Balaban J connectivity index is 2.29. The van der Waals surface area contributed by atoms with E-state index in [1.165, 1.54) is 22.7 Å². The highest BCUT2D eigenvalue weighted by molar-refractivity contribution is 8.04. The topological polar surface area (TPSA) is 40.6 Å². The van der Waals surface area contributed by atoms with Crippen LogP contribution >= 0.6 is 11.8 Å². The molecule has 0 N–H and O–H groups in total. The maximum atomic E-state index is 12.2. The fourth-order valence-electron chi connectivity index (χ4n) is 1.79. The first-order valence-corrected chi connectivity index (χ1v) is 6.81. The molecule has 5 heteroatoms. The standard InChI is InChI=1S/C15H14N2O2S/c1-4-9-16(2)14(18)10-13-15(19)17(3)11-7-5-6-8-12(11)20-13/h1,5-8,10H,9H2,2-3H3/b13-10+. The number of terminal acetylenes is 1. The molecule has 0 aromatic heterocycles. The largest absolute Gasteiger partial charge is 0.331 e. The Morgan fingerprint density at radius 2 is 2.20 bits per heavy atom. The normalized spacial score (nSPS) is 15.8.